The van der Waals surface area contributed by atoms with Crippen LogP contribution in [0.2, 0.25) is 0 Å². The summed E-state index contributed by atoms with van der Waals surface area (Å²) in [5, 5.41) is 0. The number of piperidine rings is 1. The fraction of sp³-hybridized carbons (Fsp3) is 0.304. The van der Waals surface area contributed by atoms with E-state index in [1.165, 1.54) is 35.9 Å². The van der Waals surface area contributed by atoms with Crippen LogP contribution in [0.15, 0.2) is 59.5 Å². The first-order valence-electron chi connectivity index (χ1n) is 9.87. The van der Waals surface area contributed by atoms with Gasteiger partial charge in [-0.05, 0) is 54.8 Å². The Kier molecular flexibility index (Phi) is 5.53. The molecule has 0 saturated carbocycles. The van der Waals surface area contributed by atoms with E-state index in [2.05, 4.69) is 4.90 Å². The van der Waals surface area contributed by atoms with Crippen LogP contribution in [-0.4, -0.2) is 30.7 Å². The van der Waals surface area contributed by atoms with Gasteiger partial charge in [0, 0.05) is 18.8 Å². The standard InChI is InChI=1S/C23H24N2O2S/c1-2-28-21-20(17-9-5-3-6-10-17)22(26)25(23(21)27)19-13-11-18(12-14-19)24-15-7-4-8-16-24/h3,5-6,9-14H,2,4,7-8,15-16H2,1H3. The topological polar surface area (TPSA) is 40.6 Å². The Morgan fingerprint density at radius 3 is 2.11 bits per heavy atom. The van der Waals surface area contributed by atoms with Crippen molar-refractivity contribution in [3.8, 4) is 0 Å². The number of nitrogens with zero attached hydrogens (tertiary/aromatic N) is 2. The van der Waals surface area contributed by atoms with Crippen molar-refractivity contribution in [2.24, 2.45) is 0 Å². The summed E-state index contributed by atoms with van der Waals surface area (Å²) >= 11 is 1.44. The fourth-order valence-electron chi connectivity index (χ4n) is 3.85. The van der Waals surface area contributed by atoms with E-state index in [1.807, 2.05) is 61.5 Å². The Hall–Kier alpha value is -2.53. The molecule has 0 aliphatic carbocycles. The van der Waals surface area contributed by atoms with Gasteiger partial charge in [0.1, 0.15) is 0 Å². The molecule has 0 N–H and O–H groups in total. The minimum Gasteiger partial charge on any atom is -0.372 e. The molecule has 2 aliphatic rings. The van der Waals surface area contributed by atoms with Crippen molar-refractivity contribution in [1.82, 2.24) is 0 Å². The van der Waals surface area contributed by atoms with Gasteiger partial charge >= 0.3 is 0 Å². The third kappa shape index (κ3) is 3.47. The molecule has 0 bridgehead atoms. The van der Waals surface area contributed by atoms with Crippen molar-refractivity contribution in [2.45, 2.75) is 26.2 Å². The van der Waals surface area contributed by atoms with Gasteiger partial charge in [-0.15, -0.1) is 11.8 Å². The highest BCUT2D eigenvalue weighted by Gasteiger charge is 2.39. The van der Waals surface area contributed by atoms with E-state index in [0.29, 0.717) is 16.2 Å². The number of rotatable bonds is 5. The highest BCUT2D eigenvalue weighted by molar-refractivity contribution is 8.04. The molecular weight excluding hydrogens is 368 g/mol. The third-order valence-corrected chi connectivity index (χ3v) is 6.18. The van der Waals surface area contributed by atoms with E-state index in [1.54, 1.807) is 0 Å². The van der Waals surface area contributed by atoms with Crippen molar-refractivity contribution < 1.29 is 9.59 Å². The first-order chi connectivity index (χ1) is 13.7. The number of carbonyl (C=O) groups excluding carboxylic acids is 2. The minimum atomic E-state index is -0.238. The summed E-state index contributed by atoms with van der Waals surface area (Å²) in [5.74, 6) is 0.284. The molecule has 0 spiro atoms. The molecule has 2 heterocycles. The molecule has 1 fully saturated rings. The second-order valence-corrected chi connectivity index (χ2v) is 8.29. The summed E-state index contributed by atoms with van der Waals surface area (Å²) in [4.78, 5) is 30.5. The number of carbonyl (C=O) groups is 2. The van der Waals surface area contributed by atoms with Gasteiger partial charge < -0.3 is 4.90 Å². The number of amides is 2. The van der Waals surface area contributed by atoms with Gasteiger partial charge in [0.2, 0.25) is 0 Å². The number of imide groups is 1. The molecule has 4 nitrogen and oxygen atoms in total. The summed E-state index contributed by atoms with van der Waals surface area (Å²) in [6.07, 6.45) is 3.72. The molecule has 0 aromatic heterocycles. The summed E-state index contributed by atoms with van der Waals surface area (Å²) in [6.45, 7) is 4.13. The smallest absolute Gasteiger partial charge is 0.272 e. The fourth-order valence-corrected chi connectivity index (χ4v) is 4.70. The summed E-state index contributed by atoms with van der Waals surface area (Å²) in [5.41, 5.74) is 3.10. The van der Waals surface area contributed by atoms with E-state index in [9.17, 15) is 9.59 Å². The van der Waals surface area contributed by atoms with Crippen LogP contribution in [0.5, 0.6) is 0 Å². The van der Waals surface area contributed by atoms with Crippen LogP contribution in [-0.2, 0) is 9.59 Å². The molecule has 0 atom stereocenters. The van der Waals surface area contributed by atoms with Gasteiger partial charge in [-0.2, -0.15) is 0 Å². The maximum atomic E-state index is 13.2. The van der Waals surface area contributed by atoms with Crippen molar-refractivity contribution in [2.75, 3.05) is 28.6 Å². The Bertz CT molecular complexity index is 900. The molecule has 2 amide bonds. The maximum Gasteiger partial charge on any atom is 0.272 e. The normalized spacial score (nSPS) is 17.6. The molecule has 1 saturated heterocycles. The number of thioether (sulfide) groups is 1. The van der Waals surface area contributed by atoms with E-state index >= 15 is 0 Å². The lowest BCUT2D eigenvalue weighted by atomic mass is 10.1. The Morgan fingerprint density at radius 1 is 0.821 bits per heavy atom. The lowest BCUT2D eigenvalue weighted by Crippen LogP contribution is -2.32. The molecule has 5 heteroatoms. The highest BCUT2D eigenvalue weighted by atomic mass is 32.2. The van der Waals surface area contributed by atoms with Gasteiger partial charge in [-0.1, -0.05) is 37.3 Å². The van der Waals surface area contributed by atoms with Crippen LogP contribution in [0.1, 0.15) is 31.7 Å². The third-order valence-electron chi connectivity index (χ3n) is 5.22. The first-order valence-corrected chi connectivity index (χ1v) is 10.9. The maximum absolute atomic E-state index is 13.2. The van der Waals surface area contributed by atoms with Crippen molar-refractivity contribution in [3.63, 3.8) is 0 Å². The van der Waals surface area contributed by atoms with Gasteiger partial charge in [0.05, 0.1) is 16.2 Å². The molecule has 0 unspecified atom stereocenters. The average Bonchev–Trinajstić information content (AvgIpc) is 2.99. The molecule has 28 heavy (non-hydrogen) atoms. The number of benzene rings is 2. The summed E-state index contributed by atoms with van der Waals surface area (Å²) in [7, 11) is 0. The Labute approximate surface area is 170 Å². The lowest BCUT2D eigenvalue weighted by Gasteiger charge is -2.29. The van der Waals surface area contributed by atoms with Crippen LogP contribution < -0.4 is 9.80 Å². The second kappa shape index (κ2) is 8.23. The number of hydrogen-bond acceptors (Lipinski definition) is 4. The van der Waals surface area contributed by atoms with Crippen LogP contribution in [0.3, 0.4) is 0 Å². The van der Waals surface area contributed by atoms with Crippen LogP contribution >= 0.6 is 11.8 Å². The van der Waals surface area contributed by atoms with E-state index in [-0.39, 0.29) is 11.8 Å². The number of anilines is 2. The lowest BCUT2D eigenvalue weighted by molar-refractivity contribution is -0.119. The minimum absolute atomic E-state index is 0.221. The van der Waals surface area contributed by atoms with Crippen molar-refractivity contribution >= 4 is 40.5 Å². The molecule has 2 aliphatic heterocycles. The van der Waals surface area contributed by atoms with Gasteiger partial charge in [-0.25, -0.2) is 4.90 Å². The monoisotopic (exact) mass is 392 g/mol. The van der Waals surface area contributed by atoms with Crippen LogP contribution in [0.4, 0.5) is 11.4 Å². The quantitative estimate of drug-likeness (QED) is 0.691. The largest absolute Gasteiger partial charge is 0.372 e. The van der Waals surface area contributed by atoms with Crippen LogP contribution in [0.25, 0.3) is 5.57 Å². The molecule has 4 rings (SSSR count). The van der Waals surface area contributed by atoms with Gasteiger partial charge in [0.25, 0.3) is 11.8 Å². The summed E-state index contributed by atoms with van der Waals surface area (Å²) in [6, 6.07) is 17.3. The molecule has 144 valence electrons. The van der Waals surface area contributed by atoms with Crippen molar-refractivity contribution in [3.05, 3.63) is 65.1 Å². The van der Waals surface area contributed by atoms with Gasteiger partial charge in [-0.3, -0.25) is 9.59 Å². The first kappa shape index (κ1) is 18.8. The molecule has 0 radical (unpaired) electrons. The Morgan fingerprint density at radius 2 is 1.46 bits per heavy atom. The molecule has 2 aromatic carbocycles. The predicted molar refractivity (Wildman–Crippen MR) is 116 cm³/mol. The molecule has 2 aromatic rings. The Balaban J connectivity index is 1.64. The van der Waals surface area contributed by atoms with Crippen molar-refractivity contribution in [1.29, 1.82) is 0 Å². The van der Waals surface area contributed by atoms with Crippen LogP contribution in [0, 0.1) is 0 Å². The zero-order chi connectivity index (χ0) is 19.5. The van der Waals surface area contributed by atoms with E-state index in [4.69, 9.17) is 0 Å². The SMILES string of the molecule is CCSC1=C(c2ccccc2)C(=O)N(c2ccc(N3CCCCC3)cc2)C1=O. The second-order valence-electron chi connectivity index (χ2n) is 7.01. The van der Waals surface area contributed by atoms with E-state index < -0.39 is 0 Å². The summed E-state index contributed by atoms with van der Waals surface area (Å²) < 4.78 is 0. The average molecular weight is 393 g/mol. The predicted octanol–water partition coefficient (Wildman–Crippen LogP) is 4.71. The zero-order valence-electron chi connectivity index (χ0n) is 16.1. The molecular formula is C23H24N2O2S. The van der Waals surface area contributed by atoms with E-state index in [0.717, 1.165) is 30.1 Å². The zero-order valence-corrected chi connectivity index (χ0v) is 16.9. The number of hydrogen-bond donors (Lipinski definition) is 0. The van der Waals surface area contributed by atoms with Gasteiger partial charge in [0.15, 0.2) is 0 Å². The highest BCUT2D eigenvalue weighted by Crippen LogP contribution is 2.38.